The number of aryl methyl sites for hydroxylation is 1. The van der Waals surface area contributed by atoms with Crippen molar-refractivity contribution in [2.24, 2.45) is 7.05 Å². The molecule has 0 spiro atoms. The van der Waals surface area contributed by atoms with Crippen molar-refractivity contribution < 1.29 is 13.9 Å². The number of methoxy groups -OCH3 is 1. The average molecular weight is 505 g/mol. The van der Waals surface area contributed by atoms with Gasteiger partial charge in [-0.2, -0.15) is 9.49 Å². The van der Waals surface area contributed by atoms with Gasteiger partial charge in [0.15, 0.2) is 23.2 Å². The lowest BCUT2D eigenvalue weighted by Crippen LogP contribution is -2.15. The van der Waals surface area contributed by atoms with Crippen molar-refractivity contribution in [3.8, 4) is 17.1 Å². The summed E-state index contributed by atoms with van der Waals surface area (Å²) in [5.74, 6) is 1.25. The van der Waals surface area contributed by atoms with Crippen molar-refractivity contribution in [3.05, 3.63) is 60.1 Å². The summed E-state index contributed by atoms with van der Waals surface area (Å²) in [6.45, 7) is 7.53. The minimum Gasteiger partial charge on any atom is -0.492 e. The minimum atomic E-state index is -0.553. The first-order chi connectivity index (χ1) is 17.6. The Labute approximate surface area is 214 Å². The van der Waals surface area contributed by atoms with E-state index in [1.54, 1.807) is 55.4 Å². The molecule has 0 aromatic carbocycles. The van der Waals surface area contributed by atoms with Gasteiger partial charge in [-0.25, -0.2) is 19.9 Å². The largest absolute Gasteiger partial charge is 0.492 e. The number of ketones is 1. The lowest BCUT2D eigenvalue weighted by atomic mass is 9.88. The van der Waals surface area contributed by atoms with Crippen LogP contribution in [0.4, 0.5) is 27.5 Å². The van der Waals surface area contributed by atoms with Gasteiger partial charge in [0, 0.05) is 37.5 Å². The van der Waals surface area contributed by atoms with Crippen LogP contribution in [-0.4, -0.2) is 42.6 Å². The third-order valence-electron chi connectivity index (χ3n) is 5.64. The van der Waals surface area contributed by atoms with Gasteiger partial charge in [-0.15, -0.1) is 0 Å². The Morgan fingerprint density at radius 2 is 1.89 bits per heavy atom. The van der Waals surface area contributed by atoms with E-state index in [0.717, 1.165) is 0 Å². The molecule has 4 aromatic heterocycles. The smallest absolute Gasteiger partial charge is 0.218 e. The van der Waals surface area contributed by atoms with Crippen LogP contribution in [0.25, 0.3) is 11.4 Å². The number of carbonyl (C=O) groups excluding carboxylic acids is 1. The number of ether oxygens (including phenoxy) is 1. The predicted octanol–water partition coefficient (Wildman–Crippen LogP) is 5.19. The number of anilines is 4. The standard InChI is InChI=1S/C26H29FN8O2/c1-7-19(36)16-13-29-21(32-20-9-8-17(23(27)33-20)26(2,3)4)12-18(16)31-25-22(37-6)15(10-11-28-25)24-30-14-35(5)34-24/h8-14H,7H2,1-6H3,(H2,28,29,31,32,33). The molecule has 0 radical (unpaired) electrons. The maximum atomic E-state index is 14.6. The number of hydrogen-bond acceptors (Lipinski definition) is 9. The number of nitrogens with zero attached hydrogens (tertiary/aromatic N) is 6. The molecule has 0 amide bonds. The molecule has 10 nitrogen and oxygen atoms in total. The van der Waals surface area contributed by atoms with Crippen molar-refractivity contribution in [3.63, 3.8) is 0 Å². The van der Waals surface area contributed by atoms with Crippen molar-refractivity contribution in [2.75, 3.05) is 17.7 Å². The SMILES string of the molecule is CCC(=O)c1cnc(Nc2ccc(C(C)(C)C)c(F)n2)cc1Nc1nccc(-c2ncn(C)n2)c1OC. The third kappa shape index (κ3) is 5.55. The number of rotatable bonds is 8. The van der Waals surface area contributed by atoms with E-state index in [-0.39, 0.29) is 23.4 Å². The van der Waals surface area contributed by atoms with Crippen molar-refractivity contribution in [1.29, 1.82) is 0 Å². The fraction of sp³-hybridized carbons (Fsp3) is 0.308. The number of hydrogen-bond donors (Lipinski definition) is 2. The van der Waals surface area contributed by atoms with Gasteiger partial charge in [0.25, 0.3) is 0 Å². The Kier molecular flexibility index (Phi) is 7.14. The summed E-state index contributed by atoms with van der Waals surface area (Å²) in [6.07, 6.45) is 4.94. The fourth-order valence-corrected chi connectivity index (χ4v) is 3.74. The molecule has 37 heavy (non-hydrogen) atoms. The van der Waals surface area contributed by atoms with E-state index in [1.807, 2.05) is 20.8 Å². The quantitative estimate of drug-likeness (QED) is 0.247. The maximum Gasteiger partial charge on any atom is 0.218 e. The number of pyridine rings is 3. The Bertz CT molecular complexity index is 1450. The molecule has 0 atom stereocenters. The number of Topliss-reactive ketones (excluding diaryl/α,β-unsaturated/α-hetero) is 1. The highest BCUT2D eigenvalue weighted by molar-refractivity contribution is 6.02. The molecule has 0 aliphatic rings. The Balaban J connectivity index is 1.71. The van der Waals surface area contributed by atoms with Crippen LogP contribution in [0.2, 0.25) is 0 Å². The van der Waals surface area contributed by atoms with Crippen LogP contribution >= 0.6 is 0 Å². The average Bonchev–Trinajstić information content (AvgIpc) is 3.29. The molecule has 2 N–H and O–H groups in total. The van der Waals surface area contributed by atoms with Gasteiger partial charge in [-0.1, -0.05) is 33.8 Å². The molecular formula is C26H29FN8O2. The Morgan fingerprint density at radius 3 is 2.51 bits per heavy atom. The summed E-state index contributed by atoms with van der Waals surface area (Å²) in [4.78, 5) is 29.8. The first-order valence-corrected chi connectivity index (χ1v) is 11.7. The zero-order valence-corrected chi connectivity index (χ0v) is 21.6. The molecule has 0 unspecified atom stereocenters. The van der Waals surface area contributed by atoms with E-state index in [2.05, 4.69) is 35.7 Å². The van der Waals surface area contributed by atoms with E-state index < -0.39 is 5.95 Å². The highest BCUT2D eigenvalue weighted by Crippen LogP contribution is 2.36. The summed E-state index contributed by atoms with van der Waals surface area (Å²) >= 11 is 0. The molecule has 4 aromatic rings. The van der Waals surface area contributed by atoms with E-state index in [1.165, 1.54) is 13.3 Å². The second kappa shape index (κ2) is 10.3. The molecule has 0 saturated carbocycles. The van der Waals surface area contributed by atoms with Gasteiger partial charge in [-0.3, -0.25) is 9.48 Å². The normalized spacial score (nSPS) is 11.3. The summed E-state index contributed by atoms with van der Waals surface area (Å²) in [6, 6.07) is 6.79. The lowest BCUT2D eigenvalue weighted by molar-refractivity contribution is 0.0988. The molecule has 0 fully saturated rings. The number of nitrogens with one attached hydrogen (secondary N) is 2. The summed E-state index contributed by atoms with van der Waals surface area (Å²) < 4.78 is 21.9. The van der Waals surface area contributed by atoms with Crippen LogP contribution in [0.15, 0.2) is 43.0 Å². The first kappa shape index (κ1) is 25.7. The number of halogens is 1. The predicted molar refractivity (Wildman–Crippen MR) is 139 cm³/mol. The molecule has 0 saturated heterocycles. The Morgan fingerprint density at radius 1 is 1.11 bits per heavy atom. The fourth-order valence-electron chi connectivity index (χ4n) is 3.74. The molecule has 0 aliphatic carbocycles. The molecule has 0 aliphatic heterocycles. The van der Waals surface area contributed by atoms with E-state index in [0.29, 0.717) is 45.6 Å². The first-order valence-electron chi connectivity index (χ1n) is 11.7. The van der Waals surface area contributed by atoms with Crippen LogP contribution in [0.3, 0.4) is 0 Å². The van der Waals surface area contributed by atoms with Crippen molar-refractivity contribution >= 4 is 28.9 Å². The Hall–Kier alpha value is -4.41. The van der Waals surface area contributed by atoms with Gasteiger partial charge in [0.1, 0.15) is 18.0 Å². The van der Waals surface area contributed by atoms with Gasteiger partial charge in [0.05, 0.1) is 23.9 Å². The molecule has 0 bridgehead atoms. The minimum absolute atomic E-state index is 0.109. The number of aromatic nitrogens is 6. The number of carbonyl (C=O) groups is 1. The van der Waals surface area contributed by atoms with Crippen LogP contribution in [0, 0.1) is 5.95 Å². The van der Waals surface area contributed by atoms with Crippen LogP contribution < -0.4 is 15.4 Å². The van der Waals surface area contributed by atoms with E-state index >= 15 is 0 Å². The summed E-state index contributed by atoms with van der Waals surface area (Å²) in [5, 5.41) is 10.6. The topological polar surface area (TPSA) is 120 Å². The van der Waals surface area contributed by atoms with Gasteiger partial charge >= 0.3 is 0 Å². The van der Waals surface area contributed by atoms with Crippen LogP contribution in [-0.2, 0) is 12.5 Å². The third-order valence-corrected chi connectivity index (χ3v) is 5.64. The van der Waals surface area contributed by atoms with Crippen LogP contribution in [0.5, 0.6) is 5.75 Å². The second-order valence-electron chi connectivity index (χ2n) is 9.41. The summed E-state index contributed by atoms with van der Waals surface area (Å²) in [7, 11) is 3.29. The maximum absolute atomic E-state index is 14.6. The van der Waals surface area contributed by atoms with Gasteiger partial charge < -0.3 is 15.4 Å². The highest BCUT2D eigenvalue weighted by Gasteiger charge is 2.21. The zero-order chi connectivity index (χ0) is 26.7. The van der Waals surface area contributed by atoms with Crippen LogP contribution in [0.1, 0.15) is 50.0 Å². The van der Waals surface area contributed by atoms with Crippen molar-refractivity contribution in [2.45, 2.75) is 39.5 Å². The highest BCUT2D eigenvalue weighted by atomic mass is 19.1. The van der Waals surface area contributed by atoms with E-state index in [4.69, 9.17) is 4.74 Å². The van der Waals surface area contributed by atoms with Crippen molar-refractivity contribution in [1.82, 2.24) is 29.7 Å². The molecule has 11 heteroatoms. The molecule has 192 valence electrons. The molecule has 4 heterocycles. The van der Waals surface area contributed by atoms with Gasteiger partial charge in [-0.05, 0) is 17.5 Å². The zero-order valence-electron chi connectivity index (χ0n) is 21.6. The van der Waals surface area contributed by atoms with Gasteiger partial charge in [0.2, 0.25) is 5.95 Å². The second-order valence-corrected chi connectivity index (χ2v) is 9.41. The summed E-state index contributed by atoms with van der Waals surface area (Å²) in [5.41, 5.74) is 1.60. The molecular weight excluding hydrogens is 475 g/mol. The molecule has 4 rings (SSSR count). The monoisotopic (exact) mass is 504 g/mol. The lowest BCUT2D eigenvalue weighted by Gasteiger charge is -2.19. The van der Waals surface area contributed by atoms with E-state index in [9.17, 15) is 9.18 Å².